The highest BCUT2D eigenvalue weighted by molar-refractivity contribution is 5.25. The van der Waals surface area contributed by atoms with Crippen molar-refractivity contribution in [2.45, 2.75) is 61.7 Å². The molecular formula is C17H15F13O. The summed E-state index contributed by atoms with van der Waals surface area (Å²) in [6, 6.07) is 4.80. The molecule has 1 aromatic carbocycles. The van der Waals surface area contributed by atoms with E-state index in [4.69, 9.17) is 0 Å². The number of aryl methyl sites for hydroxylation is 1. The maximum atomic E-state index is 14.0. The maximum absolute atomic E-state index is 14.0. The van der Waals surface area contributed by atoms with E-state index in [1.54, 1.807) is 6.92 Å². The number of ether oxygens (including phenoxy) is 1. The van der Waals surface area contributed by atoms with E-state index in [9.17, 15) is 57.1 Å². The lowest BCUT2D eigenvalue weighted by Crippen LogP contribution is -2.70. The van der Waals surface area contributed by atoms with E-state index >= 15 is 0 Å². The summed E-state index contributed by atoms with van der Waals surface area (Å²) in [7, 11) is 0.678. The molecule has 0 N–H and O–H groups in total. The van der Waals surface area contributed by atoms with Crippen LogP contribution in [0.1, 0.15) is 30.6 Å². The van der Waals surface area contributed by atoms with Gasteiger partial charge in [0.2, 0.25) is 0 Å². The molecule has 0 amide bonds. The van der Waals surface area contributed by atoms with Gasteiger partial charge in [0.25, 0.3) is 0 Å². The predicted molar refractivity (Wildman–Crippen MR) is 81.0 cm³/mol. The zero-order chi connectivity index (χ0) is 24.7. The summed E-state index contributed by atoms with van der Waals surface area (Å²) in [6.07, 6.45) is -11.5. The molecule has 1 atom stereocenters. The minimum atomic E-state index is -7.91. The summed E-state index contributed by atoms with van der Waals surface area (Å²) < 4.78 is 176. The van der Waals surface area contributed by atoms with Crippen molar-refractivity contribution < 1.29 is 61.8 Å². The number of halogens is 13. The molecule has 180 valence electrons. The van der Waals surface area contributed by atoms with Crippen LogP contribution in [0.25, 0.3) is 0 Å². The van der Waals surface area contributed by atoms with Crippen LogP contribution < -0.4 is 0 Å². The van der Waals surface area contributed by atoms with E-state index < -0.39 is 48.3 Å². The normalized spacial score (nSPS) is 15.8. The average molecular weight is 482 g/mol. The van der Waals surface area contributed by atoms with Crippen LogP contribution in [0, 0.1) is 0 Å². The average Bonchev–Trinajstić information content (AvgIpc) is 2.64. The fraction of sp³-hybridized carbons (Fsp3) is 0.647. The van der Waals surface area contributed by atoms with Crippen LogP contribution >= 0.6 is 0 Å². The Labute approximate surface area is 167 Å². The first kappa shape index (κ1) is 27.3. The van der Waals surface area contributed by atoms with Gasteiger partial charge in [0.1, 0.15) is 0 Å². The molecule has 0 aliphatic rings. The van der Waals surface area contributed by atoms with Gasteiger partial charge in [0.05, 0.1) is 6.10 Å². The van der Waals surface area contributed by atoms with Crippen LogP contribution in [0.15, 0.2) is 24.3 Å². The fourth-order valence-electron chi connectivity index (χ4n) is 2.47. The van der Waals surface area contributed by atoms with Crippen molar-refractivity contribution in [3.8, 4) is 0 Å². The molecule has 0 aliphatic carbocycles. The Morgan fingerprint density at radius 2 is 1.10 bits per heavy atom. The molecule has 31 heavy (non-hydrogen) atoms. The van der Waals surface area contributed by atoms with E-state index in [2.05, 4.69) is 4.74 Å². The highest BCUT2D eigenvalue weighted by Crippen LogP contribution is 2.61. The minimum absolute atomic E-state index is 0.286. The van der Waals surface area contributed by atoms with E-state index in [-0.39, 0.29) is 5.56 Å². The van der Waals surface area contributed by atoms with Gasteiger partial charge in [-0.1, -0.05) is 31.2 Å². The van der Waals surface area contributed by atoms with E-state index in [1.807, 2.05) is 0 Å². The lowest BCUT2D eigenvalue weighted by atomic mass is 9.90. The standard InChI is InChI=1S/C17H15F13O/c1-3-9-4-6-10(7-5-9)11(31-2)8-12(18,19)13(20,21)14(22,23)15(24,25)16(26,27)17(28,29)30/h4-7,11H,3,8H2,1-2H3. The van der Waals surface area contributed by atoms with Gasteiger partial charge in [-0.2, -0.15) is 57.1 Å². The first-order valence-corrected chi connectivity index (χ1v) is 8.28. The second-order valence-electron chi connectivity index (χ2n) is 6.52. The lowest BCUT2D eigenvalue weighted by Gasteiger charge is -2.40. The molecule has 0 aromatic heterocycles. The third kappa shape index (κ3) is 4.44. The highest BCUT2D eigenvalue weighted by Gasteiger charge is 2.90. The lowest BCUT2D eigenvalue weighted by molar-refractivity contribution is -0.440. The van der Waals surface area contributed by atoms with Crippen LogP contribution in [0.2, 0.25) is 0 Å². The van der Waals surface area contributed by atoms with E-state index in [0.717, 1.165) is 12.1 Å². The van der Waals surface area contributed by atoms with Crippen molar-refractivity contribution >= 4 is 0 Å². The molecule has 0 saturated heterocycles. The van der Waals surface area contributed by atoms with Crippen LogP contribution in [0.5, 0.6) is 0 Å². The van der Waals surface area contributed by atoms with Gasteiger partial charge < -0.3 is 4.74 Å². The molecule has 1 nitrogen and oxygen atoms in total. The summed E-state index contributed by atoms with van der Waals surface area (Å²) in [5.74, 6) is -37.0. The number of benzene rings is 1. The molecule has 0 fully saturated rings. The molecular weight excluding hydrogens is 467 g/mol. The Morgan fingerprint density at radius 3 is 1.45 bits per heavy atom. The third-order valence-corrected chi connectivity index (χ3v) is 4.48. The summed E-state index contributed by atoms with van der Waals surface area (Å²) >= 11 is 0. The molecule has 0 bridgehead atoms. The van der Waals surface area contributed by atoms with Gasteiger partial charge >= 0.3 is 35.8 Å². The van der Waals surface area contributed by atoms with Gasteiger partial charge in [0.15, 0.2) is 0 Å². The van der Waals surface area contributed by atoms with E-state index in [0.29, 0.717) is 19.1 Å². The molecule has 1 rings (SSSR count). The SMILES string of the molecule is CCc1ccc(C(CC(F)(F)C(F)(F)C(F)(F)C(F)(F)C(F)(F)C(F)(F)F)OC)cc1. The van der Waals surface area contributed by atoms with Crippen LogP contribution in [0.4, 0.5) is 57.1 Å². The van der Waals surface area contributed by atoms with Gasteiger partial charge in [-0.05, 0) is 17.5 Å². The Kier molecular flexibility index (Phi) is 7.33. The Hall–Kier alpha value is -1.73. The number of rotatable bonds is 9. The summed E-state index contributed by atoms with van der Waals surface area (Å²) in [5.41, 5.74) is 0.349. The molecule has 0 aliphatic heterocycles. The van der Waals surface area contributed by atoms with Crippen molar-refractivity contribution in [1.82, 2.24) is 0 Å². The Bertz CT molecular complexity index is 737. The molecule has 0 heterocycles. The second-order valence-corrected chi connectivity index (χ2v) is 6.52. The molecule has 1 unspecified atom stereocenters. The summed E-state index contributed by atoms with van der Waals surface area (Å²) in [4.78, 5) is 0. The quantitative estimate of drug-likeness (QED) is 0.343. The van der Waals surface area contributed by atoms with Crippen LogP contribution in [0.3, 0.4) is 0 Å². The fourth-order valence-corrected chi connectivity index (χ4v) is 2.47. The largest absolute Gasteiger partial charge is 0.460 e. The number of hydrogen-bond acceptors (Lipinski definition) is 1. The van der Waals surface area contributed by atoms with Gasteiger partial charge in [0, 0.05) is 13.5 Å². The van der Waals surface area contributed by atoms with Crippen molar-refractivity contribution in [2.24, 2.45) is 0 Å². The predicted octanol–water partition coefficient (Wildman–Crippen LogP) is 7.07. The second kappa shape index (κ2) is 8.32. The first-order valence-electron chi connectivity index (χ1n) is 8.28. The number of methoxy groups -OCH3 is 1. The smallest absolute Gasteiger partial charge is 0.377 e. The number of alkyl halides is 13. The zero-order valence-corrected chi connectivity index (χ0v) is 15.6. The summed E-state index contributed by atoms with van der Waals surface area (Å²) in [6.45, 7) is 1.69. The topological polar surface area (TPSA) is 9.23 Å². The number of hydrogen-bond donors (Lipinski definition) is 0. The van der Waals surface area contributed by atoms with Crippen LogP contribution in [-0.4, -0.2) is 42.9 Å². The first-order chi connectivity index (χ1) is 13.7. The van der Waals surface area contributed by atoms with Gasteiger partial charge in [-0.3, -0.25) is 0 Å². The molecule has 0 spiro atoms. The van der Waals surface area contributed by atoms with Crippen molar-refractivity contribution in [2.75, 3.05) is 7.11 Å². The highest BCUT2D eigenvalue weighted by atomic mass is 19.4. The monoisotopic (exact) mass is 482 g/mol. The molecule has 1 aromatic rings. The van der Waals surface area contributed by atoms with Crippen molar-refractivity contribution in [1.29, 1.82) is 0 Å². The van der Waals surface area contributed by atoms with E-state index in [1.165, 1.54) is 12.1 Å². The third-order valence-electron chi connectivity index (χ3n) is 4.48. The Morgan fingerprint density at radius 1 is 0.677 bits per heavy atom. The van der Waals surface area contributed by atoms with Crippen molar-refractivity contribution in [3.63, 3.8) is 0 Å². The molecule has 14 heteroatoms. The minimum Gasteiger partial charge on any atom is -0.377 e. The Balaban J connectivity index is 3.37. The van der Waals surface area contributed by atoms with Crippen LogP contribution in [-0.2, 0) is 11.2 Å². The van der Waals surface area contributed by atoms with Gasteiger partial charge in [-0.15, -0.1) is 0 Å². The molecule has 0 radical (unpaired) electrons. The van der Waals surface area contributed by atoms with Gasteiger partial charge in [-0.25, -0.2) is 0 Å². The van der Waals surface area contributed by atoms with Crippen molar-refractivity contribution in [3.05, 3.63) is 35.4 Å². The zero-order valence-electron chi connectivity index (χ0n) is 15.6. The molecule has 0 saturated carbocycles. The summed E-state index contributed by atoms with van der Waals surface area (Å²) in [5, 5.41) is 0. The maximum Gasteiger partial charge on any atom is 0.460 e.